The van der Waals surface area contributed by atoms with E-state index in [2.05, 4.69) is 98.7 Å². The third-order valence-corrected chi connectivity index (χ3v) is 11.5. The van der Waals surface area contributed by atoms with Crippen molar-refractivity contribution in [1.82, 2.24) is 0 Å². The van der Waals surface area contributed by atoms with Crippen LogP contribution >= 0.6 is 11.8 Å². The van der Waals surface area contributed by atoms with Gasteiger partial charge in [0.15, 0.2) is 5.12 Å². The van der Waals surface area contributed by atoms with Crippen LogP contribution in [0.25, 0.3) is 0 Å². The standard InChI is InChI=1S/C34H54O3SSi/c1-10-13-14-15-16-20-32(35)38-28-18-17-19-29(26-28)39(24-12-3,36-23-11-2)37-31-22-21-27(33(4,5)6)25-30(31)34(7,8)9/h17-19,21-22,25-26H,10-16,20,23-24H2,1-9H3. The zero-order valence-electron chi connectivity index (χ0n) is 26.2. The highest BCUT2D eigenvalue weighted by Crippen LogP contribution is 2.37. The van der Waals surface area contributed by atoms with Gasteiger partial charge in [-0.05, 0) is 53.0 Å². The van der Waals surface area contributed by atoms with Crippen LogP contribution in [0, 0.1) is 0 Å². The number of benzene rings is 2. The van der Waals surface area contributed by atoms with Crippen molar-refractivity contribution in [2.45, 2.75) is 135 Å². The van der Waals surface area contributed by atoms with E-state index in [1.807, 2.05) is 6.07 Å². The molecule has 0 aromatic heterocycles. The SMILES string of the molecule is CCCCCCCC(=O)Sc1cccc([Si](CCC)(OCCC)Oc2ccc(C(C)(C)C)cc2C(C)(C)C)c1. The molecule has 1 atom stereocenters. The Hall–Kier alpha value is -1.56. The molecule has 0 aliphatic carbocycles. The molecule has 0 saturated carbocycles. The van der Waals surface area contributed by atoms with Crippen LogP contribution in [0.4, 0.5) is 0 Å². The first-order valence-electron chi connectivity index (χ1n) is 15.2. The van der Waals surface area contributed by atoms with E-state index in [0.717, 1.165) is 47.6 Å². The van der Waals surface area contributed by atoms with Gasteiger partial charge >= 0.3 is 8.56 Å². The molecule has 0 radical (unpaired) electrons. The first-order valence-corrected chi connectivity index (χ1v) is 18.0. The van der Waals surface area contributed by atoms with Gasteiger partial charge in [-0.25, -0.2) is 0 Å². The summed E-state index contributed by atoms with van der Waals surface area (Å²) in [6, 6.07) is 16.0. The van der Waals surface area contributed by atoms with Gasteiger partial charge in [-0.1, -0.05) is 130 Å². The lowest BCUT2D eigenvalue weighted by molar-refractivity contribution is -0.111. The maximum Gasteiger partial charge on any atom is 0.433 e. The molecule has 0 bridgehead atoms. The van der Waals surface area contributed by atoms with Crippen molar-refractivity contribution in [2.24, 2.45) is 0 Å². The molecule has 218 valence electrons. The van der Waals surface area contributed by atoms with Gasteiger partial charge in [-0.2, -0.15) is 0 Å². The first kappa shape index (κ1) is 33.6. The van der Waals surface area contributed by atoms with Gasteiger partial charge < -0.3 is 8.85 Å². The number of unbranched alkanes of at least 4 members (excludes halogenated alkanes) is 4. The van der Waals surface area contributed by atoms with Crippen molar-refractivity contribution in [3.05, 3.63) is 53.6 Å². The van der Waals surface area contributed by atoms with E-state index in [-0.39, 0.29) is 15.9 Å². The molecule has 3 nitrogen and oxygen atoms in total. The maximum atomic E-state index is 12.8. The van der Waals surface area contributed by atoms with Crippen LogP contribution in [0.3, 0.4) is 0 Å². The average molecular weight is 571 g/mol. The van der Waals surface area contributed by atoms with Gasteiger partial charge in [0.25, 0.3) is 0 Å². The van der Waals surface area contributed by atoms with Crippen LogP contribution in [-0.4, -0.2) is 20.3 Å². The molecule has 0 fully saturated rings. The van der Waals surface area contributed by atoms with Crippen molar-refractivity contribution in [2.75, 3.05) is 6.61 Å². The highest BCUT2D eigenvalue weighted by Gasteiger charge is 2.43. The summed E-state index contributed by atoms with van der Waals surface area (Å²) in [5, 5.41) is 1.35. The Balaban J connectivity index is 2.44. The molecule has 0 aliphatic rings. The van der Waals surface area contributed by atoms with Crippen molar-refractivity contribution in [1.29, 1.82) is 0 Å². The second-order valence-corrected chi connectivity index (χ2v) is 17.0. The van der Waals surface area contributed by atoms with Crippen LogP contribution in [0.1, 0.15) is 125 Å². The van der Waals surface area contributed by atoms with Crippen LogP contribution < -0.4 is 9.61 Å². The quantitative estimate of drug-likeness (QED) is 0.121. The smallest absolute Gasteiger partial charge is 0.433 e. The Morgan fingerprint density at radius 2 is 1.54 bits per heavy atom. The van der Waals surface area contributed by atoms with Gasteiger partial charge in [0, 0.05) is 29.2 Å². The molecule has 5 heteroatoms. The van der Waals surface area contributed by atoms with Gasteiger partial charge in [0.1, 0.15) is 5.75 Å². The van der Waals surface area contributed by atoms with Crippen LogP contribution in [0.15, 0.2) is 47.4 Å². The molecule has 2 aromatic carbocycles. The predicted octanol–water partition coefficient (Wildman–Crippen LogP) is 9.83. The Bertz CT molecular complexity index is 1040. The Morgan fingerprint density at radius 1 is 0.821 bits per heavy atom. The fourth-order valence-electron chi connectivity index (χ4n) is 4.74. The van der Waals surface area contributed by atoms with Crippen LogP contribution in [-0.2, 0) is 20.1 Å². The van der Waals surface area contributed by atoms with E-state index in [9.17, 15) is 4.79 Å². The number of thioether (sulfide) groups is 1. The van der Waals surface area contributed by atoms with Gasteiger partial charge in [-0.15, -0.1) is 0 Å². The summed E-state index contributed by atoms with van der Waals surface area (Å²) >= 11 is 1.37. The number of hydrogen-bond acceptors (Lipinski definition) is 4. The average Bonchev–Trinajstić information content (AvgIpc) is 2.86. The molecule has 0 saturated heterocycles. The summed E-state index contributed by atoms with van der Waals surface area (Å²) in [5.41, 5.74) is 2.51. The molecule has 39 heavy (non-hydrogen) atoms. The lowest BCUT2D eigenvalue weighted by Gasteiger charge is -2.35. The molecule has 0 heterocycles. The largest absolute Gasteiger partial charge is 0.517 e. The molecule has 2 aromatic rings. The fourth-order valence-corrected chi connectivity index (χ4v) is 9.01. The molecule has 2 rings (SSSR count). The van der Waals surface area contributed by atoms with Crippen LogP contribution in [0.5, 0.6) is 5.75 Å². The van der Waals surface area contributed by atoms with Crippen molar-refractivity contribution >= 4 is 30.6 Å². The monoisotopic (exact) mass is 570 g/mol. The maximum absolute atomic E-state index is 12.8. The van der Waals surface area contributed by atoms with Gasteiger partial charge in [0.05, 0.1) is 0 Å². The molecule has 0 amide bonds. The topological polar surface area (TPSA) is 35.5 Å². The highest BCUT2D eigenvalue weighted by molar-refractivity contribution is 8.13. The van der Waals surface area contributed by atoms with Crippen LogP contribution in [0.2, 0.25) is 6.04 Å². The van der Waals surface area contributed by atoms with E-state index in [1.54, 1.807) is 0 Å². The number of rotatable bonds is 15. The van der Waals surface area contributed by atoms with E-state index >= 15 is 0 Å². The first-order chi connectivity index (χ1) is 18.4. The Labute approximate surface area is 245 Å². The third-order valence-electron chi connectivity index (χ3n) is 7.04. The van der Waals surface area contributed by atoms with E-state index in [4.69, 9.17) is 8.85 Å². The van der Waals surface area contributed by atoms with Gasteiger partial charge in [0.2, 0.25) is 0 Å². The van der Waals surface area contributed by atoms with Gasteiger partial charge in [-0.3, -0.25) is 4.79 Å². The minimum atomic E-state index is -2.85. The van der Waals surface area contributed by atoms with E-state index < -0.39 is 8.56 Å². The lowest BCUT2D eigenvalue weighted by atomic mass is 9.80. The van der Waals surface area contributed by atoms with Crippen molar-refractivity contribution < 1.29 is 13.6 Å². The Morgan fingerprint density at radius 3 is 2.15 bits per heavy atom. The summed E-state index contributed by atoms with van der Waals surface area (Å²) in [7, 11) is -2.85. The molecule has 0 spiro atoms. The number of hydrogen-bond donors (Lipinski definition) is 0. The van der Waals surface area contributed by atoms with E-state index in [1.165, 1.54) is 42.2 Å². The normalized spacial score (nSPS) is 13.8. The minimum absolute atomic E-state index is 0.0588. The highest BCUT2D eigenvalue weighted by atomic mass is 32.2. The zero-order valence-corrected chi connectivity index (χ0v) is 28.1. The number of carbonyl (C=O) groups is 1. The summed E-state index contributed by atoms with van der Waals surface area (Å²) in [6.07, 6.45) is 8.33. The third kappa shape index (κ3) is 10.4. The second kappa shape index (κ2) is 15.4. The molecule has 0 N–H and O–H groups in total. The zero-order chi connectivity index (χ0) is 29.1. The van der Waals surface area contributed by atoms with E-state index in [0.29, 0.717) is 13.0 Å². The second-order valence-electron chi connectivity index (χ2n) is 12.8. The summed E-state index contributed by atoms with van der Waals surface area (Å²) in [4.78, 5) is 13.8. The fraction of sp³-hybridized carbons (Fsp3) is 0.618. The molecule has 1 unspecified atom stereocenters. The Kier molecular flexibility index (Phi) is 13.3. The minimum Gasteiger partial charge on any atom is -0.517 e. The lowest BCUT2D eigenvalue weighted by Crippen LogP contribution is -2.57. The number of carbonyl (C=O) groups excluding carboxylic acids is 1. The van der Waals surface area contributed by atoms with Crippen molar-refractivity contribution in [3.63, 3.8) is 0 Å². The predicted molar refractivity (Wildman–Crippen MR) is 172 cm³/mol. The molecular formula is C34H54O3SSi. The summed E-state index contributed by atoms with van der Waals surface area (Å²) in [5.74, 6) is 0.924. The molecule has 0 aliphatic heterocycles. The summed E-state index contributed by atoms with van der Waals surface area (Å²) in [6.45, 7) is 20.8. The van der Waals surface area contributed by atoms with Crippen molar-refractivity contribution in [3.8, 4) is 5.75 Å². The molecular weight excluding hydrogens is 517 g/mol. The summed E-state index contributed by atoms with van der Waals surface area (Å²) < 4.78 is 13.9.